The molecule has 0 aliphatic carbocycles. The first-order valence-corrected chi connectivity index (χ1v) is 8.70. The van der Waals surface area contributed by atoms with Crippen molar-refractivity contribution in [2.45, 2.75) is 33.3 Å². The Bertz CT molecular complexity index is 965. The van der Waals surface area contributed by atoms with E-state index in [0.717, 1.165) is 10.9 Å². The van der Waals surface area contributed by atoms with Gasteiger partial charge >= 0.3 is 5.63 Å². The number of aliphatic carboxylic acids is 1. The summed E-state index contributed by atoms with van der Waals surface area (Å²) >= 11 is 0. The minimum atomic E-state index is -1.43. The molecule has 2 amide bonds. The largest absolute Gasteiger partial charge is 0.548 e. The van der Waals surface area contributed by atoms with Crippen molar-refractivity contribution in [2.24, 2.45) is 0 Å². The smallest absolute Gasteiger partial charge is 0.336 e. The van der Waals surface area contributed by atoms with Crippen molar-refractivity contribution in [1.29, 1.82) is 0 Å². The van der Waals surface area contributed by atoms with E-state index in [1.54, 1.807) is 19.1 Å². The Morgan fingerprint density at radius 3 is 2.57 bits per heavy atom. The van der Waals surface area contributed by atoms with Gasteiger partial charge in [-0.3, -0.25) is 9.59 Å². The van der Waals surface area contributed by atoms with Crippen LogP contribution >= 0.6 is 0 Å². The highest BCUT2D eigenvalue weighted by Gasteiger charge is 2.18. The topological polar surface area (TPSA) is 138 Å². The molecule has 150 valence electrons. The molecule has 0 unspecified atom stereocenters. The highest BCUT2D eigenvalue weighted by molar-refractivity contribution is 5.88. The number of carboxylic acid groups (broad SMARTS) is 1. The first-order valence-electron chi connectivity index (χ1n) is 8.70. The van der Waals surface area contributed by atoms with Gasteiger partial charge < -0.3 is 29.7 Å². The molecule has 0 aliphatic rings. The maximum Gasteiger partial charge on any atom is 0.336 e. The number of amides is 2. The third-order valence-corrected chi connectivity index (χ3v) is 4.10. The lowest BCUT2D eigenvalue weighted by molar-refractivity contribution is -0.304. The number of aryl methyl sites for hydroxylation is 2. The Balaban J connectivity index is 2.08. The molecular formula is C19H21N2O7-. The molecule has 1 aromatic heterocycles. The van der Waals surface area contributed by atoms with Crippen LogP contribution in [0.25, 0.3) is 11.0 Å². The van der Waals surface area contributed by atoms with Crippen LogP contribution in [0.5, 0.6) is 5.75 Å². The fourth-order valence-electron chi connectivity index (χ4n) is 2.62. The highest BCUT2D eigenvalue weighted by atomic mass is 16.5. The predicted molar refractivity (Wildman–Crippen MR) is 97.7 cm³/mol. The number of carbonyl (C=O) groups is 3. The minimum Gasteiger partial charge on any atom is -0.548 e. The molecular weight excluding hydrogens is 368 g/mol. The average molecular weight is 389 g/mol. The second-order valence-corrected chi connectivity index (χ2v) is 6.14. The van der Waals surface area contributed by atoms with Crippen LogP contribution in [0.2, 0.25) is 0 Å². The number of ether oxygens (including phenoxy) is 1. The Morgan fingerprint density at radius 2 is 1.93 bits per heavy atom. The van der Waals surface area contributed by atoms with Crippen LogP contribution in [0.3, 0.4) is 0 Å². The van der Waals surface area contributed by atoms with Gasteiger partial charge in [0.2, 0.25) is 5.91 Å². The van der Waals surface area contributed by atoms with E-state index in [1.807, 2.05) is 6.92 Å². The zero-order chi connectivity index (χ0) is 20.8. The lowest BCUT2D eigenvalue weighted by Crippen LogP contribution is -2.45. The summed E-state index contributed by atoms with van der Waals surface area (Å²) in [5.41, 5.74) is 1.37. The number of fused-ring (bicyclic) bond motifs is 1. The number of nitrogens with one attached hydrogen (secondary N) is 2. The fraction of sp³-hybridized carbons (Fsp3) is 0.368. The molecule has 28 heavy (non-hydrogen) atoms. The molecule has 0 radical (unpaired) electrons. The first kappa shape index (κ1) is 20.9. The zero-order valence-corrected chi connectivity index (χ0v) is 15.8. The molecule has 1 aromatic carbocycles. The molecule has 1 heterocycles. The molecule has 9 heteroatoms. The van der Waals surface area contributed by atoms with Crippen LogP contribution < -0.4 is 26.1 Å². The number of hydrogen-bond acceptors (Lipinski definition) is 7. The van der Waals surface area contributed by atoms with Crippen molar-refractivity contribution < 1.29 is 28.6 Å². The van der Waals surface area contributed by atoms with Crippen molar-refractivity contribution in [3.8, 4) is 5.75 Å². The molecule has 0 bridgehead atoms. The summed E-state index contributed by atoms with van der Waals surface area (Å²) in [4.78, 5) is 45.6. The number of hydrogen-bond donors (Lipinski definition) is 2. The normalized spacial score (nSPS) is 11.7. The van der Waals surface area contributed by atoms with E-state index in [4.69, 9.17) is 9.15 Å². The molecule has 0 fully saturated rings. The SMILES string of the molecule is CCc1cc(=O)oc2c(C)c(O[C@@H](C)C(=O)NCC(=O)NCC(=O)[O-])ccc12. The number of benzene rings is 1. The monoisotopic (exact) mass is 389 g/mol. The van der Waals surface area contributed by atoms with Crippen LogP contribution in [0.15, 0.2) is 27.4 Å². The molecule has 2 aromatic rings. The molecule has 2 rings (SSSR count). The van der Waals surface area contributed by atoms with Crippen LogP contribution in [-0.4, -0.2) is 37.0 Å². The van der Waals surface area contributed by atoms with Gasteiger partial charge in [0.15, 0.2) is 6.10 Å². The third-order valence-electron chi connectivity index (χ3n) is 4.10. The van der Waals surface area contributed by atoms with Crippen molar-refractivity contribution in [2.75, 3.05) is 13.1 Å². The molecule has 2 N–H and O–H groups in total. The lowest BCUT2D eigenvalue weighted by Gasteiger charge is -2.17. The maximum absolute atomic E-state index is 12.1. The van der Waals surface area contributed by atoms with Gasteiger partial charge in [-0.25, -0.2) is 4.79 Å². The molecule has 0 saturated carbocycles. The van der Waals surface area contributed by atoms with E-state index in [0.29, 0.717) is 23.3 Å². The molecule has 9 nitrogen and oxygen atoms in total. The van der Waals surface area contributed by atoms with E-state index in [1.165, 1.54) is 13.0 Å². The summed E-state index contributed by atoms with van der Waals surface area (Å²) in [5.74, 6) is -2.29. The van der Waals surface area contributed by atoms with E-state index in [2.05, 4.69) is 10.6 Å². The van der Waals surface area contributed by atoms with Gasteiger partial charge in [0, 0.05) is 17.0 Å². The third kappa shape index (κ3) is 5.09. The van der Waals surface area contributed by atoms with Gasteiger partial charge in [-0.05, 0) is 38.0 Å². The summed E-state index contributed by atoms with van der Waals surface area (Å²) in [6, 6.07) is 4.90. The van der Waals surface area contributed by atoms with Crippen molar-refractivity contribution in [1.82, 2.24) is 10.6 Å². The van der Waals surface area contributed by atoms with E-state index < -0.39 is 42.6 Å². The molecule has 1 atom stereocenters. The van der Waals surface area contributed by atoms with E-state index in [9.17, 15) is 24.3 Å². The predicted octanol–water partition coefficient (Wildman–Crippen LogP) is -0.587. The lowest BCUT2D eigenvalue weighted by atomic mass is 10.0. The Labute approximate surface area is 160 Å². The van der Waals surface area contributed by atoms with Crippen LogP contribution in [-0.2, 0) is 20.8 Å². The number of rotatable bonds is 8. The fourth-order valence-corrected chi connectivity index (χ4v) is 2.62. The second kappa shape index (κ2) is 9.03. The van der Waals surface area contributed by atoms with Gasteiger partial charge in [-0.2, -0.15) is 0 Å². The van der Waals surface area contributed by atoms with Crippen molar-refractivity contribution in [3.63, 3.8) is 0 Å². The Hall–Kier alpha value is -3.36. The minimum absolute atomic E-state index is 0.368. The molecule has 0 aliphatic heterocycles. The van der Waals surface area contributed by atoms with Gasteiger partial charge in [-0.1, -0.05) is 6.92 Å². The summed E-state index contributed by atoms with van der Waals surface area (Å²) < 4.78 is 10.9. The average Bonchev–Trinajstić information content (AvgIpc) is 2.66. The van der Waals surface area contributed by atoms with Gasteiger partial charge in [0.05, 0.1) is 19.1 Å². The first-order chi connectivity index (χ1) is 13.2. The summed E-state index contributed by atoms with van der Waals surface area (Å²) in [6.07, 6.45) is -0.272. The van der Waals surface area contributed by atoms with Gasteiger partial charge in [-0.15, -0.1) is 0 Å². The van der Waals surface area contributed by atoms with Crippen molar-refractivity contribution >= 4 is 28.8 Å². The Kier molecular flexibility index (Phi) is 6.75. The summed E-state index contributed by atoms with van der Waals surface area (Å²) in [6.45, 7) is 4.12. The number of carboxylic acids is 1. The standard InChI is InChI=1S/C19H22N2O7/c1-4-12-7-17(25)28-18-10(2)14(6-5-13(12)18)27-11(3)19(26)21-8-15(22)20-9-16(23)24/h5-7,11H,4,8-9H2,1-3H3,(H,20,22)(H,21,26)(H,23,24)/p-1/t11-/m0/s1. The van der Waals surface area contributed by atoms with Gasteiger partial charge in [0.25, 0.3) is 5.91 Å². The second-order valence-electron chi connectivity index (χ2n) is 6.14. The summed E-state index contributed by atoms with van der Waals surface area (Å²) in [7, 11) is 0. The van der Waals surface area contributed by atoms with E-state index >= 15 is 0 Å². The molecule has 0 spiro atoms. The zero-order valence-electron chi connectivity index (χ0n) is 15.8. The summed E-state index contributed by atoms with van der Waals surface area (Å²) in [5, 5.41) is 15.5. The van der Waals surface area contributed by atoms with Crippen LogP contribution in [0.4, 0.5) is 0 Å². The van der Waals surface area contributed by atoms with Crippen LogP contribution in [0, 0.1) is 6.92 Å². The Morgan fingerprint density at radius 1 is 1.21 bits per heavy atom. The highest BCUT2D eigenvalue weighted by Crippen LogP contribution is 2.29. The van der Waals surface area contributed by atoms with E-state index in [-0.39, 0.29) is 0 Å². The maximum atomic E-state index is 12.1. The number of carbonyl (C=O) groups excluding carboxylic acids is 3. The molecule has 0 saturated heterocycles. The quantitative estimate of drug-likeness (QED) is 0.576. The van der Waals surface area contributed by atoms with Crippen molar-refractivity contribution in [3.05, 3.63) is 39.7 Å². The van der Waals surface area contributed by atoms with Crippen LogP contribution in [0.1, 0.15) is 25.0 Å². The van der Waals surface area contributed by atoms with Gasteiger partial charge in [0.1, 0.15) is 11.3 Å².